The van der Waals surface area contributed by atoms with E-state index in [2.05, 4.69) is 10.1 Å². The summed E-state index contributed by atoms with van der Waals surface area (Å²) in [5.41, 5.74) is 2.22. The van der Waals surface area contributed by atoms with E-state index in [0.29, 0.717) is 17.4 Å². The zero-order valence-electron chi connectivity index (χ0n) is 15.7. The molecule has 8 heteroatoms. The second-order valence-corrected chi connectivity index (χ2v) is 7.39. The Morgan fingerprint density at radius 2 is 2.04 bits per heavy atom. The van der Waals surface area contributed by atoms with E-state index in [1.807, 2.05) is 51.2 Å². The van der Waals surface area contributed by atoms with Crippen molar-refractivity contribution >= 4 is 32.6 Å². The SMILES string of the molecule is COc1ccc2nc(N(CCN(C)C)C(=O)c3cc(C)n(C)n3)sc2c1. The second kappa shape index (κ2) is 7.43. The van der Waals surface area contributed by atoms with Crippen LogP contribution < -0.4 is 9.64 Å². The van der Waals surface area contributed by atoms with Crippen molar-refractivity contribution in [1.82, 2.24) is 19.7 Å². The number of benzene rings is 1. The molecule has 0 aliphatic rings. The molecule has 0 unspecified atom stereocenters. The summed E-state index contributed by atoms with van der Waals surface area (Å²) in [5.74, 6) is 0.640. The van der Waals surface area contributed by atoms with E-state index < -0.39 is 0 Å². The normalized spacial score (nSPS) is 11.3. The third kappa shape index (κ3) is 3.71. The number of ether oxygens (including phenoxy) is 1. The van der Waals surface area contributed by atoms with Crippen LogP contribution in [0.4, 0.5) is 5.13 Å². The fraction of sp³-hybridized carbons (Fsp3) is 0.389. The maximum atomic E-state index is 13.1. The van der Waals surface area contributed by atoms with Gasteiger partial charge in [0.25, 0.3) is 5.91 Å². The van der Waals surface area contributed by atoms with Crippen LogP contribution in [0.5, 0.6) is 5.75 Å². The van der Waals surface area contributed by atoms with Gasteiger partial charge in [-0.15, -0.1) is 0 Å². The minimum atomic E-state index is -0.137. The molecule has 26 heavy (non-hydrogen) atoms. The number of hydrogen-bond acceptors (Lipinski definition) is 6. The molecule has 7 nitrogen and oxygen atoms in total. The number of carbonyl (C=O) groups is 1. The minimum Gasteiger partial charge on any atom is -0.497 e. The van der Waals surface area contributed by atoms with Crippen molar-refractivity contribution in [3.8, 4) is 5.75 Å². The van der Waals surface area contributed by atoms with E-state index in [0.717, 1.165) is 28.2 Å². The van der Waals surface area contributed by atoms with Crippen molar-refractivity contribution in [3.63, 3.8) is 0 Å². The molecule has 3 aromatic rings. The number of nitrogens with zero attached hydrogens (tertiary/aromatic N) is 5. The van der Waals surface area contributed by atoms with Gasteiger partial charge in [0.05, 0.1) is 17.3 Å². The predicted molar refractivity (Wildman–Crippen MR) is 104 cm³/mol. The maximum Gasteiger partial charge on any atom is 0.280 e. The Labute approximate surface area is 156 Å². The van der Waals surface area contributed by atoms with Crippen molar-refractivity contribution in [2.75, 3.05) is 39.2 Å². The number of carbonyl (C=O) groups excluding carboxylic acids is 1. The molecule has 3 rings (SSSR count). The van der Waals surface area contributed by atoms with Gasteiger partial charge in [-0.05, 0) is 45.3 Å². The fourth-order valence-electron chi connectivity index (χ4n) is 2.52. The van der Waals surface area contributed by atoms with Crippen LogP contribution in [0.15, 0.2) is 24.3 Å². The highest BCUT2D eigenvalue weighted by atomic mass is 32.1. The van der Waals surface area contributed by atoms with Gasteiger partial charge in [-0.3, -0.25) is 14.4 Å². The van der Waals surface area contributed by atoms with Gasteiger partial charge in [0, 0.05) is 25.8 Å². The Morgan fingerprint density at radius 3 is 2.65 bits per heavy atom. The number of aryl methyl sites for hydroxylation is 2. The Morgan fingerprint density at radius 1 is 1.27 bits per heavy atom. The first-order valence-electron chi connectivity index (χ1n) is 8.31. The van der Waals surface area contributed by atoms with Gasteiger partial charge < -0.3 is 9.64 Å². The second-order valence-electron chi connectivity index (χ2n) is 6.38. The van der Waals surface area contributed by atoms with Crippen LogP contribution in [0, 0.1) is 6.92 Å². The number of anilines is 1. The van der Waals surface area contributed by atoms with Gasteiger partial charge in [0.1, 0.15) is 5.75 Å². The third-order valence-electron chi connectivity index (χ3n) is 4.16. The van der Waals surface area contributed by atoms with Gasteiger partial charge in [0.2, 0.25) is 0 Å². The van der Waals surface area contributed by atoms with Gasteiger partial charge >= 0.3 is 0 Å². The molecule has 0 aliphatic carbocycles. The number of thiazole rings is 1. The lowest BCUT2D eigenvalue weighted by atomic mass is 10.3. The van der Waals surface area contributed by atoms with Crippen LogP contribution >= 0.6 is 11.3 Å². The van der Waals surface area contributed by atoms with Crippen LogP contribution in [-0.2, 0) is 7.05 Å². The zero-order chi connectivity index (χ0) is 18.8. The predicted octanol–water partition coefficient (Wildman–Crippen LogP) is 2.56. The lowest BCUT2D eigenvalue weighted by Gasteiger charge is -2.21. The van der Waals surface area contributed by atoms with Crippen molar-refractivity contribution in [3.05, 3.63) is 35.7 Å². The molecule has 1 amide bonds. The number of aromatic nitrogens is 3. The number of fused-ring (bicyclic) bond motifs is 1. The lowest BCUT2D eigenvalue weighted by molar-refractivity contribution is 0.0979. The summed E-state index contributed by atoms with van der Waals surface area (Å²) in [6.45, 7) is 3.20. The Hall–Kier alpha value is -2.45. The monoisotopic (exact) mass is 373 g/mol. The van der Waals surface area contributed by atoms with Crippen molar-refractivity contribution in [2.45, 2.75) is 6.92 Å². The number of amides is 1. The molecular weight excluding hydrogens is 350 g/mol. The molecular formula is C18H23N5O2S. The van der Waals surface area contributed by atoms with E-state index in [1.54, 1.807) is 22.8 Å². The average molecular weight is 373 g/mol. The first kappa shape index (κ1) is 18.3. The quantitative estimate of drug-likeness (QED) is 0.664. The van der Waals surface area contributed by atoms with Gasteiger partial charge in [-0.1, -0.05) is 11.3 Å². The summed E-state index contributed by atoms with van der Waals surface area (Å²) < 4.78 is 7.98. The summed E-state index contributed by atoms with van der Waals surface area (Å²) in [6, 6.07) is 7.53. The molecule has 0 radical (unpaired) electrons. The van der Waals surface area contributed by atoms with E-state index in [4.69, 9.17) is 4.74 Å². The van der Waals surface area contributed by atoms with E-state index >= 15 is 0 Å². The molecule has 0 atom stereocenters. The number of methoxy groups -OCH3 is 1. The molecule has 1 aromatic carbocycles. The molecule has 0 spiro atoms. The summed E-state index contributed by atoms with van der Waals surface area (Å²) in [4.78, 5) is 21.5. The molecule has 0 saturated carbocycles. The molecule has 2 aromatic heterocycles. The Kier molecular flexibility index (Phi) is 5.24. The van der Waals surface area contributed by atoms with Gasteiger partial charge in [0.15, 0.2) is 10.8 Å². The van der Waals surface area contributed by atoms with Crippen LogP contribution in [-0.4, -0.2) is 59.9 Å². The molecule has 0 saturated heterocycles. The Balaban J connectivity index is 1.98. The first-order valence-corrected chi connectivity index (χ1v) is 9.12. The molecule has 0 aliphatic heterocycles. The zero-order valence-corrected chi connectivity index (χ0v) is 16.5. The average Bonchev–Trinajstić information content (AvgIpc) is 3.17. The van der Waals surface area contributed by atoms with E-state index in [-0.39, 0.29) is 5.91 Å². The summed E-state index contributed by atoms with van der Waals surface area (Å²) in [5, 5.41) is 5.00. The molecule has 0 fully saturated rings. The summed E-state index contributed by atoms with van der Waals surface area (Å²) in [7, 11) is 7.44. The van der Waals surface area contributed by atoms with Crippen LogP contribution in [0.25, 0.3) is 10.2 Å². The largest absolute Gasteiger partial charge is 0.497 e. The van der Waals surface area contributed by atoms with Crippen LogP contribution in [0.2, 0.25) is 0 Å². The van der Waals surface area contributed by atoms with Gasteiger partial charge in [-0.25, -0.2) is 4.98 Å². The molecule has 0 N–H and O–H groups in total. The minimum absolute atomic E-state index is 0.137. The number of rotatable bonds is 6. The fourth-order valence-corrected chi connectivity index (χ4v) is 3.54. The maximum absolute atomic E-state index is 13.1. The molecule has 138 valence electrons. The molecule has 0 bridgehead atoms. The highest BCUT2D eigenvalue weighted by Crippen LogP contribution is 2.32. The summed E-state index contributed by atoms with van der Waals surface area (Å²) >= 11 is 1.48. The van der Waals surface area contributed by atoms with Gasteiger partial charge in [-0.2, -0.15) is 5.10 Å². The Bertz CT molecular complexity index is 911. The van der Waals surface area contributed by atoms with Crippen LogP contribution in [0.3, 0.4) is 0 Å². The summed E-state index contributed by atoms with van der Waals surface area (Å²) in [6.07, 6.45) is 0. The lowest BCUT2D eigenvalue weighted by Crippen LogP contribution is -2.37. The standard InChI is InChI=1S/C18H23N5O2S/c1-12-10-15(20-22(12)4)17(24)23(9-8-21(2)3)18-19-14-7-6-13(25-5)11-16(14)26-18/h6-7,10-11H,8-9H2,1-5H3. The third-order valence-corrected chi connectivity index (χ3v) is 5.21. The highest BCUT2D eigenvalue weighted by Gasteiger charge is 2.24. The van der Waals surface area contributed by atoms with E-state index in [9.17, 15) is 4.79 Å². The topological polar surface area (TPSA) is 63.5 Å². The van der Waals surface area contributed by atoms with Crippen molar-refractivity contribution < 1.29 is 9.53 Å². The smallest absolute Gasteiger partial charge is 0.280 e. The van der Waals surface area contributed by atoms with Crippen LogP contribution in [0.1, 0.15) is 16.2 Å². The van der Waals surface area contributed by atoms with Crippen molar-refractivity contribution in [1.29, 1.82) is 0 Å². The first-order chi connectivity index (χ1) is 12.4. The molecule has 2 heterocycles. The van der Waals surface area contributed by atoms with Crippen molar-refractivity contribution in [2.24, 2.45) is 7.05 Å². The highest BCUT2D eigenvalue weighted by molar-refractivity contribution is 7.22. The number of likely N-dealkylation sites (N-methyl/N-ethyl adjacent to an activating group) is 1. The number of hydrogen-bond donors (Lipinski definition) is 0. The van der Waals surface area contributed by atoms with E-state index in [1.165, 1.54) is 11.3 Å².